The molecule has 2 N–H and O–H groups in total. The first-order valence-electron chi connectivity index (χ1n) is 5.26. The first-order chi connectivity index (χ1) is 8.16. The van der Waals surface area contributed by atoms with Crippen molar-refractivity contribution in [3.8, 4) is 0 Å². The monoisotopic (exact) mass is 247 g/mol. The van der Waals surface area contributed by atoms with Crippen LogP contribution in [0.4, 0.5) is 5.69 Å². The van der Waals surface area contributed by atoms with E-state index in [-0.39, 0.29) is 0 Å². The van der Waals surface area contributed by atoms with Crippen LogP contribution in [-0.4, -0.2) is 11.1 Å². The minimum atomic E-state index is -0.868. The Morgan fingerprint density at radius 2 is 2.00 bits per heavy atom. The maximum absolute atomic E-state index is 11.2. The number of carbonyl (C=O) groups is 1. The third kappa shape index (κ3) is 2.85. The second kappa shape index (κ2) is 5.01. The van der Waals surface area contributed by atoms with E-state index in [1.165, 1.54) is 11.3 Å². The van der Waals surface area contributed by atoms with Crippen LogP contribution in [0.25, 0.3) is 0 Å². The highest BCUT2D eigenvalue weighted by atomic mass is 32.1. The molecule has 0 saturated carbocycles. The Kier molecular flexibility index (Phi) is 3.44. The van der Waals surface area contributed by atoms with Crippen molar-refractivity contribution in [2.45, 2.75) is 13.0 Å². The maximum Gasteiger partial charge on any atom is 0.331 e. The molecule has 4 heteroatoms. The van der Waals surface area contributed by atoms with E-state index in [9.17, 15) is 9.90 Å². The van der Waals surface area contributed by atoms with Gasteiger partial charge in [-0.15, -0.1) is 11.3 Å². The van der Waals surface area contributed by atoms with Gasteiger partial charge < -0.3 is 10.4 Å². The summed E-state index contributed by atoms with van der Waals surface area (Å²) in [5, 5.41) is 14.1. The third-order valence-electron chi connectivity index (χ3n) is 2.44. The lowest BCUT2D eigenvalue weighted by Crippen LogP contribution is -2.19. The van der Waals surface area contributed by atoms with E-state index >= 15 is 0 Å². The summed E-state index contributed by atoms with van der Waals surface area (Å²) < 4.78 is 0. The number of thiophene rings is 1. The van der Waals surface area contributed by atoms with Crippen molar-refractivity contribution in [2.24, 2.45) is 0 Å². The zero-order valence-corrected chi connectivity index (χ0v) is 10.2. The highest BCUT2D eigenvalue weighted by molar-refractivity contribution is 7.10. The Balaban J connectivity index is 2.19. The molecule has 0 radical (unpaired) electrons. The number of hydrogen-bond donors (Lipinski definition) is 2. The van der Waals surface area contributed by atoms with Crippen molar-refractivity contribution >= 4 is 23.0 Å². The molecule has 1 aromatic carbocycles. The van der Waals surface area contributed by atoms with Gasteiger partial charge in [0.25, 0.3) is 0 Å². The molecule has 0 aliphatic heterocycles. The fourth-order valence-electron chi connectivity index (χ4n) is 1.53. The van der Waals surface area contributed by atoms with Gasteiger partial charge in [0, 0.05) is 10.6 Å². The van der Waals surface area contributed by atoms with Gasteiger partial charge in [0.15, 0.2) is 6.04 Å². The summed E-state index contributed by atoms with van der Waals surface area (Å²) in [7, 11) is 0. The summed E-state index contributed by atoms with van der Waals surface area (Å²) >= 11 is 1.44. The summed E-state index contributed by atoms with van der Waals surface area (Å²) in [6, 6.07) is 10.7. The molecule has 0 aliphatic carbocycles. The normalized spacial score (nSPS) is 12.1. The number of carboxylic acids is 1. The number of aliphatic carboxylic acids is 1. The van der Waals surface area contributed by atoms with E-state index in [2.05, 4.69) is 5.32 Å². The number of rotatable bonds is 4. The Bertz CT molecular complexity index is 491. The van der Waals surface area contributed by atoms with Crippen molar-refractivity contribution in [3.63, 3.8) is 0 Å². The van der Waals surface area contributed by atoms with Crippen LogP contribution in [0.1, 0.15) is 16.5 Å². The largest absolute Gasteiger partial charge is 0.479 e. The SMILES string of the molecule is Cc1ccc(N[C@H](C(=O)O)c2cccs2)cc1. The molecule has 0 spiro atoms. The van der Waals surface area contributed by atoms with Gasteiger partial charge in [0.2, 0.25) is 0 Å². The van der Waals surface area contributed by atoms with Crippen molar-refractivity contribution in [2.75, 3.05) is 5.32 Å². The zero-order chi connectivity index (χ0) is 12.3. The van der Waals surface area contributed by atoms with Gasteiger partial charge in [-0.2, -0.15) is 0 Å². The molecule has 1 heterocycles. The standard InChI is InChI=1S/C13H13NO2S/c1-9-4-6-10(7-5-9)14-12(13(15)16)11-3-2-8-17-11/h2-8,12,14H,1H3,(H,15,16)/t12-/m0/s1. The Morgan fingerprint density at radius 1 is 1.29 bits per heavy atom. The van der Waals surface area contributed by atoms with Gasteiger partial charge in [-0.1, -0.05) is 23.8 Å². The highest BCUT2D eigenvalue weighted by Crippen LogP contribution is 2.24. The Labute approximate surface area is 104 Å². The van der Waals surface area contributed by atoms with E-state index in [0.717, 1.165) is 16.1 Å². The summed E-state index contributed by atoms with van der Waals surface area (Å²) in [5.74, 6) is -0.868. The van der Waals surface area contributed by atoms with Crippen molar-refractivity contribution in [1.82, 2.24) is 0 Å². The fraction of sp³-hybridized carbons (Fsp3) is 0.154. The molecule has 2 rings (SSSR count). The molecule has 0 amide bonds. The number of hydrogen-bond acceptors (Lipinski definition) is 3. The molecule has 88 valence electrons. The van der Waals surface area contributed by atoms with Gasteiger partial charge in [-0.05, 0) is 30.5 Å². The molecule has 3 nitrogen and oxygen atoms in total. The van der Waals surface area contributed by atoms with Crippen LogP contribution in [0.5, 0.6) is 0 Å². The van der Waals surface area contributed by atoms with E-state index in [4.69, 9.17) is 0 Å². The van der Waals surface area contributed by atoms with Gasteiger partial charge in [0.1, 0.15) is 0 Å². The van der Waals surface area contributed by atoms with Crippen LogP contribution in [0.3, 0.4) is 0 Å². The lowest BCUT2D eigenvalue weighted by Gasteiger charge is -2.14. The number of carboxylic acid groups (broad SMARTS) is 1. The molecular formula is C13H13NO2S. The summed E-state index contributed by atoms with van der Waals surface area (Å²) in [4.78, 5) is 12.0. The molecular weight excluding hydrogens is 234 g/mol. The van der Waals surface area contributed by atoms with E-state index < -0.39 is 12.0 Å². The molecule has 0 saturated heterocycles. The molecule has 1 atom stereocenters. The summed E-state index contributed by atoms with van der Waals surface area (Å²) in [6.45, 7) is 2.00. The molecule has 2 aromatic rings. The Morgan fingerprint density at radius 3 is 2.53 bits per heavy atom. The summed E-state index contributed by atoms with van der Waals surface area (Å²) in [6.07, 6.45) is 0. The highest BCUT2D eigenvalue weighted by Gasteiger charge is 2.20. The minimum absolute atomic E-state index is 0.683. The molecule has 17 heavy (non-hydrogen) atoms. The van der Waals surface area contributed by atoms with Crippen LogP contribution in [-0.2, 0) is 4.79 Å². The van der Waals surface area contributed by atoms with Gasteiger partial charge in [-0.25, -0.2) is 4.79 Å². The van der Waals surface area contributed by atoms with Crippen LogP contribution in [0.15, 0.2) is 41.8 Å². The van der Waals surface area contributed by atoms with Gasteiger partial charge in [0.05, 0.1) is 0 Å². The fourth-order valence-corrected chi connectivity index (χ4v) is 2.29. The average molecular weight is 247 g/mol. The van der Waals surface area contributed by atoms with Gasteiger partial charge >= 0.3 is 5.97 Å². The summed E-state index contributed by atoms with van der Waals surface area (Å²) in [5.41, 5.74) is 1.97. The minimum Gasteiger partial charge on any atom is -0.479 e. The van der Waals surface area contributed by atoms with E-state index in [0.29, 0.717) is 0 Å². The predicted molar refractivity (Wildman–Crippen MR) is 69.5 cm³/mol. The topological polar surface area (TPSA) is 49.3 Å². The number of nitrogens with one attached hydrogen (secondary N) is 1. The second-order valence-corrected chi connectivity index (χ2v) is 4.78. The molecule has 1 aromatic heterocycles. The van der Waals surface area contributed by atoms with Crippen molar-refractivity contribution in [1.29, 1.82) is 0 Å². The maximum atomic E-state index is 11.2. The molecule has 0 fully saturated rings. The van der Waals surface area contributed by atoms with Crippen molar-refractivity contribution < 1.29 is 9.90 Å². The Hall–Kier alpha value is -1.81. The molecule has 0 aliphatic rings. The molecule has 0 bridgehead atoms. The molecule has 0 unspecified atom stereocenters. The van der Waals surface area contributed by atoms with Crippen LogP contribution in [0, 0.1) is 6.92 Å². The second-order valence-electron chi connectivity index (χ2n) is 3.80. The lowest BCUT2D eigenvalue weighted by atomic mass is 10.2. The van der Waals surface area contributed by atoms with Crippen LogP contribution in [0.2, 0.25) is 0 Å². The first kappa shape index (κ1) is 11.7. The quantitative estimate of drug-likeness (QED) is 0.871. The van der Waals surface area contributed by atoms with Gasteiger partial charge in [-0.3, -0.25) is 0 Å². The van der Waals surface area contributed by atoms with E-state index in [1.54, 1.807) is 0 Å². The van der Waals surface area contributed by atoms with Crippen LogP contribution < -0.4 is 5.32 Å². The number of benzene rings is 1. The van der Waals surface area contributed by atoms with Crippen molar-refractivity contribution in [3.05, 3.63) is 52.2 Å². The van der Waals surface area contributed by atoms with Crippen LogP contribution >= 0.6 is 11.3 Å². The predicted octanol–water partition coefficient (Wildman–Crippen LogP) is 3.29. The third-order valence-corrected chi connectivity index (χ3v) is 3.37. The average Bonchev–Trinajstić information content (AvgIpc) is 2.81. The zero-order valence-electron chi connectivity index (χ0n) is 9.38. The van der Waals surface area contributed by atoms with E-state index in [1.807, 2.05) is 48.7 Å². The smallest absolute Gasteiger partial charge is 0.331 e. The first-order valence-corrected chi connectivity index (χ1v) is 6.14. The number of aryl methyl sites for hydroxylation is 1. The lowest BCUT2D eigenvalue weighted by molar-refractivity contribution is -0.138. The number of anilines is 1.